The van der Waals surface area contributed by atoms with E-state index in [4.69, 9.17) is 4.74 Å². The maximum absolute atomic E-state index is 13.1. The molecular formula is C25H37FN4O5. The Morgan fingerprint density at radius 1 is 1.00 bits per heavy atom. The zero-order valence-electron chi connectivity index (χ0n) is 21.3. The number of piperidine rings is 1. The van der Waals surface area contributed by atoms with Gasteiger partial charge in [0.25, 0.3) is 0 Å². The predicted octanol–water partition coefficient (Wildman–Crippen LogP) is 3.06. The Hall–Kier alpha value is -3.17. The van der Waals surface area contributed by atoms with Gasteiger partial charge in [-0.2, -0.15) is 0 Å². The van der Waals surface area contributed by atoms with Gasteiger partial charge in [-0.15, -0.1) is 0 Å². The van der Waals surface area contributed by atoms with E-state index in [-0.39, 0.29) is 23.7 Å². The lowest BCUT2D eigenvalue weighted by molar-refractivity contribution is -0.138. The number of carbonyl (C=O) groups excluding carboxylic acids is 4. The summed E-state index contributed by atoms with van der Waals surface area (Å²) in [5, 5.41) is 8.01. The van der Waals surface area contributed by atoms with Crippen LogP contribution in [0.2, 0.25) is 0 Å². The molecule has 10 heteroatoms. The van der Waals surface area contributed by atoms with Crippen LogP contribution in [0.25, 0.3) is 0 Å². The number of amides is 4. The second kappa shape index (κ2) is 12.0. The fourth-order valence-electron chi connectivity index (χ4n) is 3.69. The van der Waals surface area contributed by atoms with E-state index in [0.717, 1.165) is 0 Å². The van der Waals surface area contributed by atoms with E-state index in [9.17, 15) is 23.6 Å². The third kappa shape index (κ3) is 8.84. The van der Waals surface area contributed by atoms with Gasteiger partial charge in [0, 0.05) is 24.7 Å². The fourth-order valence-corrected chi connectivity index (χ4v) is 3.69. The zero-order chi connectivity index (χ0) is 26.3. The Balaban J connectivity index is 1.85. The standard InChI is InChI=1S/C25H37FN4O5/c1-15(2)20(29-24(34)35-25(4,5)6)23(33)30-13-11-17(12-14-30)22(32)27-16(3)21(31)28-19-9-7-18(26)8-10-19/h7-10,15-17,20H,11-14H2,1-6H3,(H,27,32)(H,28,31)(H,29,34)/t16-,20-/m0/s1. The SMILES string of the molecule is CC(C)[C@H](NC(=O)OC(C)(C)C)C(=O)N1CCC(C(=O)N[C@@H](C)C(=O)Nc2ccc(F)cc2)CC1. The number of alkyl carbamates (subject to hydrolysis) is 1. The largest absolute Gasteiger partial charge is 0.444 e. The average molecular weight is 493 g/mol. The summed E-state index contributed by atoms with van der Waals surface area (Å²) >= 11 is 0. The van der Waals surface area contributed by atoms with Gasteiger partial charge in [0.2, 0.25) is 17.7 Å². The van der Waals surface area contributed by atoms with E-state index in [1.54, 1.807) is 32.6 Å². The highest BCUT2D eigenvalue weighted by atomic mass is 19.1. The minimum atomic E-state index is -0.782. The monoisotopic (exact) mass is 492 g/mol. The normalized spacial score (nSPS) is 16.3. The number of carbonyl (C=O) groups is 4. The first-order valence-electron chi connectivity index (χ1n) is 11.9. The first-order chi connectivity index (χ1) is 16.3. The molecule has 0 bridgehead atoms. The van der Waals surface area contributed by atoms with Crippen LogP contribution in [0.3, 0.4) is 0 Å². The zero-order valence-corrected chi connectivity index (χ0v) is 21.3. The molecule has 1 aliphatic heterocycles. The molecule has 1 aromatic carbocycles. The molecule has 0 radical (unpaired) electrons. The second-order valence-electron chi connectivity index (χ2n) is 10.2. The molecule has 194 valence electrons. The lowest BCUT2D eigenvalue weighted by Gasteiger charge is -2.35. The van der Waals surface area contributed by atoms with Crippen molar-refractivity contribution in [3.05, 3.63) is 30.1 Å². The van der Waals surface area contributed by atoms with Gasteiger partial charge < -0.3 is 25.6 Å². The number of nitrogens with zero attached hydrogens (tertiary/aromatic N) is 1. The smallest absolute Gasteiger partial charge is 0.408 e. The molecule has 0 unspecified atom stereocenters. The van der Waals surface area contributed by atoms with Crippen molar-refractivity contribution in [1.82, 2.24) is 15.5 Å². The molecule has 2 atom stereocenters. The molecule has 3 N–H and O–H groups in total. The van der Waals surface area contributed by atoms with Crippen molar-refractivity contribution in [2.24, 2.45) is 11.8 Å². The number of hydrogen-bond donors (Lipinski definition) is 3. The summed E-state index contributed by atoms with van der Waals surface area (Å²) in [5.74, 6) is -1.77. The highest BCUT2D eigenvalue weighted by molar-refractivity contribution is 5.97. The van der Waals surface area contributed by atoms with Gasteiger partial charge in [-0.1, -0.05) is 13.8 Å². The van der Waals surface area contributed by atoms with E-state index in [0.29, 0.717) is 31.6 Å². The van der Waals surface area contributed by atoms with Gasteiger partial charge in [0.1, 0.15) is 23.5 Å². The number of benzene rings is 1. The molecule has 0 saturated carbocycles. The molecule has 9 nitrogen and oxygen atoms in total. The second-order valence-corrected chi connectivity index (χ2v) is 10.2. The van der Waals surface area contributed by atoms with Crippen molar-refractivity contribution in [1.29, 1.82) is 0 Å². The van der Waals surface area contributed by atoms with Gasteiger partial charge in [-0.25, -0.2) is 9.18 Å². The lowest BCUT2D eigenvalue weighted by atomic mass is 9.94. The molecule has 0 spiro atoms. The van der Waals surface area contributed by atoms with Gasteiger partial charge in [0.05, 0.1) is 0 Å². The van der Waals surface area contributed by atoms with E-state index in [2.05, 4.69) is 16.0 Å². The molecule has 0 aliphatic carbocycles. The number of hydrogen-bond acceptors (Lipinski definition) is 5. The molecule has 1 saturated heterocycles. The van der Waals surface area contributed by atoms with Crippen LogP contribution >= 0.6 is 0 Å². The summed E-state index contributed by atoms with van der Waals surface area (Å²) in [6.45, 7) is 11.3. The molecule has 35 heavy (non-hydrogen) atoms. The first kappa shape index (κ1) is 28.1. The van der Waals surface area contributed by atoms with Crippen LogP contribution < -0.4 is 16.0 Å². The van der Waals surface area contributed by atoms with E-state index in [1.165, 1.54) is 24.3 Å². The number of rotatable bonds is 7. The van der Waals surface area contributed by atoms with Gasteiger partial charge in [-0.05, 0) is 70.7 Å². The van der Waals surface area contributed by atoms with E-state index < -0.39 is 35.5 Å². The van der Waals surface area contributed by atoms with Crippen LogP contribution in [0, 0.1) is 17.7 Å². The molecule has 1 heterocycles. The molecule has 1 aliphatic rings. The first-order valence-corrected chi connectivity index (χ1v) is 11.9. The van der Waals surface area contributed by atoms with Crippen LogP contribution in [0.15, 0.2) is 24.3 Å². The van der Waals surface area contributed by atoms with Crippen molar-refractivity contribution >= 4 is 29.5 Å². The number of nitrogens with one attached hydrogen (secondary N) is 3. The number of ether oxygens (including phenoxy) is 1. The van der Waals surface area contributed by atoms with Gasteiger partial charge >= 0.3 is 6.09 Å². The Morgan fingerprint density at radius 3 is 2.09 bits per heavy atom. The Kier molecular flexibility index (Phi) is 9.62. The topological polar surface area (TPSA) is 117 Å². The Morgan fingerprint density at radius 2 is 1.57 bits per heavy atom. The van der Waals surface area contributed by atoms with Gasteiger partial charge in [0.15, 0.2) is 0 Å². The summed E-state index contributed by atoms with van der Waals surface area (Å²) in [7, 11) is 0. The number of halogens is 1. The van der Waals surface area contributed by atoms with Crippen LogP contribution in [-0.4, -0.2) is 59.5 Å². The molecule has 1 fully saturated rings. The predicted molar refractivity (Wildman–Crippen MR) is 130 cm³/mol. The van der Waals surface area contributed by atoms with Crippen LogP contribution in [0.5, 0.6) is 0 Å². The highest BCUT2D eigenvalue weighted by Crippen LogP contribution is 2.20. The van der Waals surface area contributed by atoms with Crippen LogP contribution in [0.4, 0.5) is 14.9 Å². The fraction of sp³-hybridized carbons (Fsp3) is 0.600. The Bertz CT molecular complexity index is 905. The van der Waals surface area contributed by atoms with E-state index in [1.807, 2.05) is 13.8 Å². The number of anilines is 1. The quantitative estimate of drug-likeness (QED) is 0.541. The van der Waals surface area contributed by atoms with Gasteiger partial charge in [-0.3, -0.25) is 14.4 Å². The maximum Gasteiger partial charge on any atom is 0.408 e. The number of likely N-dealkylation sites (tertiary alicyclic amines) is 1. The lowest BCUT2D eigenvalue weighted by Crippen LogP contribution is -2.54. The summed E-state index contributed by atoms with van der Waals surface area (Å²) in [6.07, 6.45) is 0.245. The van der Waals surface area contributed by atoms with Crippen molar-refractivity contribution in [2.45, 2.75) is 72.1 Å². The van der Waals surface area contributed by atoms with E-state index >= 15 is 0 Å². The van der Waals surface area contributed by atoms with Crippen LogP contribution in [0.1, 0.15) is 54.4 Å². The minimum absolute atomic E-state index is 0.142. The van der Waals surface area contributed by atoms with Crippen LogP contribution in [-0.2, 0) is 19.1 Å². The molecule has 2 rings (SSSR count). The van der Waals surface area contributed by atoms with Crippen molar-refractivity contribution in [3.63, 3.8) is 0 Å². The minimum Gasteiger partial charge on any atom is -0.444 e. The van der Waals surface area contributed by atoms with Crippen molar-refractivity contribution < 1.29 is 28.3 Å². The summed E-state index contributed by atoms with van der Waals surface area (Å²) in [4.78, 5) is 51.9. The third-order valence-corrected chi connectivity index (χ3v) is 5.65. The molecule has 4 amide bonds. The average Bonchev–Trinajstić information content (AvgIpc) is 2.77. The van der Waals surface area contributed by atoms with Crippen molar-refractivity contribution in [2.75, 3.05) is 18.4 Å². The Labute approximate surface area is 206 Å². The summed E-state index contributed by atoms with van der Waals surface area (Å²) in [6, 6.07) is 3.84. The molecule has 0 aromatic heterocycles. The molecular weight excluding hydrogens is 455 g/mol. The highest BCUT2D eigenvalue weighted by Gasteiger charge is 2.34. The molecule has 1 aromatic rings. The summed E-state index contributed by atoms with van der Waals surface area (Å²) in [5.41, 5.74) is -0.239. The summed E-state index contributed by atoms with van der Waals surface area (Å²) < 4.78 is 18.3. The van der Waals surface area contributed by atoms with Crippen molar-refractivity contribution in [3.8, 4) is 0 Å². The maximum atomic E-state index is 13.1. The third-order valence-electron chi connectivity index (χ3n) is 5.65.